The van der Waals surface area contributed by atoms with Crippen LogP contribution in [0.3, 0.4) is 0 Å². The number of hydrogen-bond donors (Lipinski definition) is 3. The zero-order valence-electron chi connectivity index (χ0n) is 21.0. The Labute approximate surface area is 196 Å². The molecule has 7 nitrogen and oxygen atoms in total. The SMILES string of the molecule is CCCCc1cn(C(C)(C)C)sc1=NC(=O)[C@]1(C)CC[C@H](NC(=O)NC[C@H](C)O)C1(C)C. The highest BCUT2D eigenvalue weighted by atomic mass is 32.1. The summed E-state index contributed by atoms with van der Waals surface area (Å²) in [5, 5.41) is 15.1. The molecule has 1 saturated carbocycles. The van der Waals surface area contributed by atoms with Crippen molar-refractivity contribution < 1.29 is 14.7 Å². The van der Waals surface area contributed by atoms with Crippen LogP contribution < -0.4 is 15.3 Å². The Bertz CT molecular complexity index is 879. The molecule has 1 heterocycles. The van der Waals surface area contributed by atoms with Gasteiger partial charge in [0.1, 0.15) is 4.67 Å². The summed E-state index contributed by atoms with van der Waals surface area (Å²) in [4.78, 5) is 30.5. The first-order chi connectivity index (χ1) is 14.7. The van der Waals surface area contributed by atoms with Gasteiger partial charge >= 0.3 is 6.03 Å². The van der Waals surface area contributed by atoms with E-state index in [4.69, 9.17) is 0 Å². The first-order valence-corrected chi connectivity index (χ1v) is 12.5. The Morgan fingerprint density at radius 3 is 2.56 bits per heavy atom. The summed E-state index contributed by atoms with van der Waals surface area (Å²) in [7, 11) is 0. The van der Waals surface area contributed by atoms with E-state index in [1.807, 2.05) is 20.8 Å². The standard InChI is InChI=1S/C24H42N4O3S/c1-9-10-11-17-15-28(22(3,4)5)32-19(17)27-20(30)24(8)13-12-18(23(24,6)7)26-21(31)25-14-16(2)29/h15-16,18,29H,9-14H2,1-8H3,(H2,25,26,31)/t16-,18-,24-/m0/s1. The summed E-state index contributed by atoms with van der Waals surface area (Å²) in [5.74, 6) is -0.114. The molecule has 182 valence electrons. The molecule has 3 amide bonds. The average molecular weight is 467 g/mol. The first kappa shape index (κ1) is 26.6. The van der Waals surface area contributed by atoms with Gasteiger partial charge in [-0.1, -0.05) is 34.1 Å². The fourth-order valence-corrected chi connectivity index (χ4v) is 5.17. The number of unbranched alkanes of at least 4 members (excludes halogenated alkanes) is 1. The van der Waals surface area contributed by atoms with Crippen molar-refractivity contribution in [3.05, 3.63) is 16.4 Å². The van der Waals surface area contributed by atoms with Crippen molar-refractivity contribution in [1.82, 2.24) is 14.6 Å². The van der Waals surface area contributed by atoms with Gasteiger partial charge in [-0.2, -0.15) is 0 Å². The maximum Gasteiger partial charge on any atom is 0.315 e. The molecule has 1 fully saturated rings. The minimum atomic E-state index is -0.673. The normalized spacial score (nSPS) is 24.4. The van der Waals surface area contributed by atoms with E-state index in [-0.39, 0.29) is 30.1 Å². The van der Waals surface area contributed by atoms with Crippen LogP contribution >= 0.6 is 11.5 Å². The number of hydrogen-bond acceptors (Lipinski definition) is 4. The van der Waals surface area contributed by atoms with Crippen molar-refractivity contribution in [3.63, 3.8) is 0 Å². The van der Waals surface area contributed by atoms with Crippen molar-refractivity contribution in [2.24, 2.45) is 15.8 Å². The second-order valence-electron chi connectivity index (χ2n) is 10.9. The number of nitrogens with one attached hydrogen (secondary N) is 2. The molecule has 0 aromatic carbocycles. The fraction of sp³-hybridized carbons (Fsp3) is 0.792. The first-order valence-electron chi connectivity index (χ1n) is 11.8. The lowest BCUT2D eigenvalue weighted by atomic mass is 9.67. The van der Waals surface area contributed by atoms with Gasteiger partial charge in [0.15, 0.2) is 0 Å². The van der Waals surface area contributed by atoms with E-state index >= 15 is 0 Å². The monoisotopic (exact) mass is 466 g/mol. The number of aromatic nitrogens is 1. The zero-order valence-corrected chi connectivity index (χ0v) is 21.9. The summed E-state index contributed by atoms with van der Waals surface area (Å²) in [6.07, 6.45) is 5.98. The molecule has 3 atom stereocenters. The summed E-state index contributed by atoms with van der Waals surface area (Å²) >= 11 is 1.55. The van der Waals surface area contributed by atoms with Crippen molar-refractivity contribution in [2.75, 3.05) is 6.54 Å². The van der Waals surface area contributed by atoms with E-state index in [0.29, 0.717) is 12.8 Å². The van der Waals surface area contributed by atoms with Crippen molar-refractivity contribution >= 4 is 23.5 Å². The molecule has 1 aromatic heterocycles. The van der Waals surface area contributed by atoms with E-state index in [0.717, 1.165) is 29.5 Å². The number of urea groups is 1. The van der Waals surface area contributed by atoms with Crippen molar-refractivity contribution in [3.8, 4) is 0 Å². The topological polar surface area (TPSA) is 95.7 Å². The number of aryl methyl sites for hydroxylation is 1. The van der Waals surface area contributed by atoms with Crippen LogP contribution in [-0.4, -0.2) is 39.7 Å². The number of carbonyl (C=O) groups is 2. The summed E-state index contributed by atoms with van der Waals surface area (Å²) in [6.45, 7) is 16.5. The van der Waals surface area contributed by atoms with Gasteiger partial charge in [0.2, 0.25) is 0 Å². The molecule has 8 heteroatoms. The Morgan fingerprint density at radius 2 is 2.00 bits per heavy atom. The van der Waals surface area contributed by atoms with E-state index < -0.39 is 16.9 Å². The van der Waals surface area contributed by atoms with E-state index in [1.54, 1.807) is 18.5 Å². The molecule has 1 aromatic rings. The van der Waals surface area contributed by atoms with Crippen LogP contribution in [0.25, 0.3) is 0 Å². The van der Waals surface area contributed by atoms with Crippen LogP contribution in [0.5, 0.6) is 0 Å². The Kier molecular flexibility index (Phi) is 8.37. The molecule has 0 unspecified atom stereocenters. The molecule has 0 saturated heterocycles. The van der Waals surface area contributed by atoms with Crippen LogP contribution in [0.2, 0.25) is 0 Å². The Morgan fingerprint density at radius 1 is 1.34 bits per heavy atom. The molecule has 32 heavy (non-hydrogen) atoms. The predicted octanol–water partition coefficient (Wildman–Crippen LogP) is 3.95. The second-order valence-corrected chi connectivity index (χ2v) is 11.9. The maximum absolute atomic E-state index is 13.6. The third-order valence-electron chi connectivity index (χ3n) is 6.96. The van der Waals surface area contributed by atoms with Crippen LogP contribution in [0, 0.1) is 10.8 Å². The smallest absolute Gasteiger partial charge is 0.315 e. The molecule has 3 N–H and O–H groups in total. The molecule has 1 aliphatic rings. The average Bonchev–Trinajstić information content (AvgIpc) is 3.19. The zero-order chi connectivity index (χ0) is 24.3. The molecule has 0 aliphatic heterocycles. The minimum Gasteiger partial charge on any atom is -0.392 e. The number of carbonyl (C=O) groups excluding carboxylic acids is 2. The van der Waals surface area contributed by atoms with E-state index in [1.165, 1.54) is 0 Å². The highest BCUT2D eigenvalue weighted by Crippen LogP contribution is 2.53. The molecular weight excluding hydrogens is 424 g/mol. The number of nitrogens with zero attached hydrogens (tertiary/aromatic N) is 2. The lowest BCUT2D eigenvalue weighted by Gasteiger charge is -2.39. The Balaban J connectivity index is 2.29. The van der Waals surface area contributed by atoms with Gasteiger partial charge in [0, 0.05) is 29.9 Å². The molecule has 2 rings (SSSR count). The van der Waals surface area contributed by atoms with Crippen LogP contribution in [0.1, 0.15) is 86.6 Å². The minimum absolute atomic E-state index is 0.0621. The van der Waals surface area contributed by atoms with Crippen LogP contribution in [0.15, 0.2) is 11.2 Å². The van der Waals surface area contributed by atoms with E-state index in [2.05, 4.69) is 53.5 Å². The van der Waals surface area contributed by atoms with Gasteiger partial charge in [-0.25, -0.2) is 9.79 Å². The van der Waals surface area contributed by atoms with Gasteiger partial charge in [-0.3, -0.25) is 8.75 Å². The van der Waals surface area contributed by atoms with Crippen molar-refractivity contribution in [1.29, 1.82) is 0 Å². The number of amides is 3. The quantitative estimate of drug-likeness (QED) is 0.568. The third-order valence-corrected chi connectivity index (χ3v) is 8.33. The molecule has 0 radical (unpaired) electrons. The molecular formula is C24H42N4O3S. The highest BCUT2D eigenvalue weighted by Gasteiger charge is 2.56. The second kappa shape index (κ2) is 10.1. The summed E-state index contributed by atoms with van der Waals surface area (Å²) in [5.41, 5.74) is -0.0654. The van der Waals surface area contributed by atoms with Gasteiger partial charge in [0.05, 0.1) is 11.5 Å². The van der Waals surface area contributed by atoms with Crippen molar-refractivity contribution in [2.45, 2.75) is 105 Å². The molecule has 0 spiro atoms. The van der Waals surface area contributed by atoms with Crippen LogP contribution in [0.4, 0.5) is 4.79 Å². The largest absolute Gasteiger partial charge is 0.392 e. The van der Waals surface area contributed by atoms with Gasteiger partial charge in [-0.05, 0) is 70.3 Å². The lowest BCUT2D eigenvalue weighted by Crippen LogP contribution is -2.52. The van der Waals surface area contributed by atoms with Crippen LogP contribution in [-0.2, 0) is 16.8 Å². The fourth-order valence-electron chi connectivity index (χ4n) is 4.14. The Hall–Kier alpha value is -1.67. The van der Waals surface area contributed by atoms with Gasteiger partial charge in [-0.15, -0.1) is 0 Å². The number of aliphatic hydroxyl groups excluding tert-OH is 1. The number of rotatable bonds is 7. The lowest BCUT2D eigenvalue weighted by molar-refractivity contribution is -0.131. The van der Waals surface area contributed by atoms with Gasteiger partial charge < -0.3 is 15.7 Å². The molecule has 1 aliphatic carbocycles. The van der Waals surface area contributed by atoms with E-state index in [9.17, 15) is 14.7 Å². The maximum atomic E-state index is 13.6. The summed E-state index contributed by atoms with van der Waals surface area (Å²) in [6, 6.07) is -0.466. The van der Waals surface area contributed by atoms with Gasteiger partial charge in [0.25, 0.3) is 5.91 Å². The number of aliphatic hydroxyl groups is 1. The highest BCUT2D eigenvalue weighted by molar-refractivity contribution is 7.04. The molecule has 0 bridgehead atoms. The summed E-state index contributed by atoms with van der Waals surface area (Å²) < 4.78 is 2.99. The third kappa shape index (κ3) is 5.81. The predicted molar refractivity (Wildman–Crippen MR) is 130 cm³/mol.